The lowest BCUT2D eigenvalue weighted by molar-refractivity contribution is -0.225. The predicted octanol–water partition coefficient (Wildman–Crippen LogP) is 3.37. The van der Waals surface area contributed by atoms with E-state index in [2.05, 4.69) is 0 Å². The molecule has 2 aliphatic heterocycles. The Morgan fingerprint density at radius 3 is 2.44 bits per heavy atom. The van der Waals surface area contributed by atoms with Crippen molar-refractivity contribution in [2.45, 2.75) is 116 Å². The zero-order chi connectivity index (χ0) is 32.9. The Kier molecular flexibility index (Phi) is 7.28. The fraction of sp³-hybridized carbons (Fsp3) is 0.676. The highest BCUT2D eigenvalue weighted by atomic mass is 16.7. The SMILES string of the molecule is CC(=O)O[C@H]1C=C([C@H](C)[C@H]2CC(C)=C(C)C(=O)O2)[C@@]2(C)CC[C@H]3[C@@H](C[C@H]4O[C@]45[C@@H](OC(=O)CCC(=O)O)C=CC(=O)[C@]35C)[C@@]12O. The number of allylic oxidation sites excluding steroid dienone is 1. The molecular weight excluding hydrogens is 584 g/mol. The number of fused-ring (bicyclic) bond motifs is 4. The number of cyclic esters (lactones) is 1. The molecule has 2 saturated carbocycles. The Bertz CT molecular complexity index is 1470. The Balaban J connectivity index is 1.35. The summed E-state index contributed by atoms with van der Waals surface area (Å²) < 4.78 is 23.8. The number of rotatable bonds is 7. The minimum Gasteiger partial charge on any atom is -0.481 e. The number of carboxylic acids is 1. The highest BCUT2D eigenvalue weighted by molar-refractivity contribution is 5.98. The van der Waals surface area contributed by atoms with Crippen molar-refractivity contribution in [2.24, 2.45) is 28.6 Å². The van der Waals surface area contributed by atoms with Crippen LogP contribution < -0.4 is 0 Å². The number of carbonyl (C=O) groups excluding carboxylic acids is 4. The van der Waals surface area contributed by atoms with E-state index in [9.17, 15) is 29.1 Å². The van der Waals surface area contributed by atoms with Gasteiger partial charge in [0.15, 0.2) is 11.9 Å². The van der Waals surface area contributed by atoms with E-state index in [1.807, 2.05) is 33.8 Å². The molecule has 2 N–H and O–H groups in total. The summed E-state index contributed by atoms with van der Waals surface area (Å²) in [4.78, 5) is 62.5. The van der Waals surface area contributed by atoms with Gasteiger partial charge in [0.25, 0.3) is 0 Å². The van der Waals surface area contributed by atoms with Crippen molar-refractivity contribution >= 4 is 29.7 Å². The molecule has 11 heteroatoms. The van der Waals surface area contributed by atoms with Crippen LogP contribution in [0.25, 0.3) is 0 Å². The van der Waals surface area contributed by atoms with Crippen molar-refractivity contribution in [3.8, 4) is 0 Å². The Labute approximate surface area is 262 Å². The van der Waals surface area contributed by atoms with E-state index in [0.717, 1.165) is 11.1 Å². The second-order valence-corrected chi connectivity index (χ2v) is 14.3. The van der Waals surface area contributed by atoms with Crippen LogP contribution in [0.15, 0.2) is 34.9 Å². The Morgan fingerprint density at radius 1 is 1.09 bits per heavy atom. The molecule has 0 aromatic carbocycles. The van der Waals surface area contributed by atoms with E-state index >= 15 is 0 Å². The topological polar surface area (TPSA) is 166 Å². The molecule has 4 aliphatic carbocycles. The summed E-state index contributed by atoms with van der Waals surface area (Å²) in [5.74, 6) is -4.13. The molecule has 11 nitrogen and oxygen atoms in total. The third-order valence-electron chi connectivity index (χ3n) is 12.3. The molecule has 0 aromatic rings. The van der Waals surface area contributed by atoms with E-state index in [1.165, 1.54) is 19.1 Å². The highest BCUT2D eigenvalue weighted by Gasteiger charge is 2.83. The Morgan fingerprint density at radius 2 is 1.80 bits per heavy atom. The molecule has 0 unspecified atom stereocenters. The van der Waals surface area contributed by atoms with Gasteiger partial charge in [0, 0.05) is 30.3 Å². The first-order valence-electron chi connectivity index (χ1n) is 15.8. The normalized spacial score (nSPS) is 43.6. The van der Waals surface area contributed by atoms with Gasteiger partial charge in [-0.05, 0) is 70.1 Å². The average molecular weight is 627 g/mol. The number of esters is 3. The maximum absolute atomic E-state index is 13.9. The zero-order valence-electron chi connectivity index (χ0n) is 26.6. The third kappa shape index (κ3) is 4.25. The fourth-order valence-electron chi connectivity index (χ4n) is 9.65. The van der Waals surface area contributed by atoms with Crippen molar-refractivity contribution in [1.29, 1.82) is 0 Å². The molecule has 6 aliphatic rings. The number of aliphatic carboxylic acids is 1. The molecule has 0 radical (unpaired) electrons. The summed E-state index contributed by atoms with van der Waals surface area (Å²) in [5.41, 5.74) is -2.37. The van der Waals surface area contributed by atoms with Gasteiger partial charge < -0.3 is 29.2 Å². The molecule has 0 amide bonds. The van der Waals surface area contributed by atoms with Gasteiger partial charge >= 0.3 is 23.9 Å². The monoisotopic (exact) mass is 626 g/mol. The van der Waals surface area contributed by atoms with Crippen LogP contribution in [0.2, 0.25) is 0 Å². The lowest BCUT2D eigenvalue weighted by Crippen LogP contribution is -2.70. The summed E-state index contributed by atoms with van der Waals surface area (Å²) in [7, 11) is 0. The van der Waals surface area contributed by atoms with Gasteiger partial charge in [0.2, 0.25) is 0 Å². The summed E-state index contributed by atoms with van der Waals surface area (Å²) >= 11 is 0. The molecule has 11 atom stereocenters. The van der Waals surface area contributed by atoms with Crippen molar-refractivity contribution in [3.05, 3.63) is 34.9 Å². The van der Waals surface area contributed by atoms with Crippen LogP contribution in [-0.4, -0.2) is 75.5 Å². The summed E-state index contributed by atoms with van der Waals surface area (Å²) in [6.07, 6.45) is 3.08. The number of ether oxygens (including phenoxy) is 4. The molecule has 6 rings (SSSR count). The first kappa shape index (κ1) is 31.7. The van der Waals surface area contributed by atoms with Crippen LogP contribution in [0, 0.1) is 28.6 Å². The smallest absolute Gasteiger partial charge is 0.333 e. The summed E-state index contributed by atoms with van der Waals surface area (Å²) in [6, 6.07) is 0. The first-order chi connectivity index (χ1) is 21.0. The van der Waals surface area contributed by atoms with Gasteiger partial charge in [-0.2, -0.15) is 0 Å². The second-order valence-electron chi connectivity index (χ2n) is 14.3. The maximum Gasteiger partial charge on any atom is 0.333 e. The number of epoxide rings is 1. The molecule has 1 saturated heterocycles. The van der Waals surface area contributed by atoms with E-state index in [0.29, 0.717) is 31.3 Å². The molecule has 3 fully saturated rings. The first-order valence-corrected chi connectivity index (χ1v) is 15.8. The van der Waals surface area contributed by atoms with Gasteiger partial charge in [-0.15, -0.1) is 0 Å². The lowest BCUT2D eigenvalue weighted by atomic mass is 9.42. The molecule has 0 bridgehead atoms. The summed E-state index contributed by atoms with van der Waals surface area (Å²) in [5, 5.41) is 22.0. The van der Waals surface area contributed by atoms with Crippen LogP contribution in [0.5, 0.6) is 0 Å². The molecule has 2 heterocycles. The van der Waals surface area contributed by atoms with Crippen LogP contribution in [0.4, 0.5) is 0 Å². The van der Waals surface area contributed by atoms with Gasteiger partial charge in [-0.25, -0.2) is 4.79 Å². The number of carboxylic acid groups (broad SMARTS) is 1. The lowest BCUT2D eigenvalue weighted by Gasteiger charge is -2.61. The van der Waals surface area contributed by atoms with Gasteiger partial charge in [0.1, 0.15) is 23.4 Å². The number of hydrogen-bond donors (Lipinski definition) is 2. The third-order valence-corrected chi connectivity index (χ3v) is 12.3. The predicted molar refractivity (Wildman–Crippen MR) is 156 cm³/mol. The van der Waals surface area contributed by atoms with E-state index in [-0.39, 0.29) is 30.5 Å². The van der Waals surface area contributed by atoms with Crippen molar-refractivity contribution in [1.82, 2.24) is 0 Å². The van der Waals surface area contributed by atoms with Crippen LogP contribution in [0.3, 0.4) is 0 Å². The van der Waals surface area contributed by atoms with Gasteiger partial charge in [-0.3, -0.25) is 19.2 Å². The standard InChI is InChI=1S/C34H42O11/c1-16-13-23(43-30(40)17(16)2)18(3)21-14-26(42-19(4)35)33(41)22-15-27-34(45-27)25(44-29(39)10-9-28(37)38)8-7-24(36)32(34,6)20(22)11-12-31(21,33)5/h7-8,14,18,20,22-23,25-27,41H,9-13,15H2,1-6H3,(H,37,38)/t18-,20-,22+,23+,25-,26-,27+,31+,32-,33+,34+/m0/s1. The van der Waals surface area contributed by atoms with E-state index < -0.39 is 76.2 Å². The van der Waals surface area contributed by atoms with Crippen LogP contribution in [0.1, 0.15) is 80.1 Å². The van der Waals surface area contributed by atoms with Gasteiger partial charge in [-0.1, -0.05) is 25.0 Å². The zero-order valence-corrected chi connectivity index (χ0v) is 26.6. The number of hydrogen-bond acceptors (Lipinski definition) is 10. The van der Waals surface area contributed by atoms with E-state index in [1.54, 1.807) is 6.92 Å². The second kappa shape index (κ2) is 10.4. The van der Waals surface area contributed by atoms with Gasteiger partial charge in [0.05, 0.1) is 24.4 Å². The molecule has 0 aromatic heterocycles. The fourth-order valence-corrected chi connectivity index (χ4v) is 9.65. The minimum atomic E-state index is -1.60. The number of carbonyl (C=O) groups is 5. The highest BCUT2D eigenvalue weighted by Crippen LogP contribution is 2.74. The summed E-state index contributed by atoms with van der Waals surface area (Å²) in [6.45, 7) is 10.7. The maximum atomic E-state index is 13.9. The number of ketones is 1. The molecule has 1 spiro atoms. The van der Waals surface area contributed by atoms with Crippen LogP contribution in [-0.2, 0) is 42.9 Å². The molecular formula is C34H42O11. The number of aliphatic hydroxyl groups is 1. The average Bonchev–Trinajstić information content (AvgIpc) is 3.66. The van der Waals surface area contributed by atoms with Crippen molar-refractivity contribution < 1.29 is 53.1 Å². The molecule has 45 heavy (non-hydrogen) atoms. The van der Waals surface area contributed by atoms with Crippen LogP contribution >= 0.6 is 0 Å². The quantitative estimate of drug-likeness (QED) is 0.184. The Hall–Kier alpha value is -3.31. The van der Waals surface area contributed by atoms with Crippen molar-refractivity contribution in [3.63, 3.8) is 0 Å². The minimum absolute atomic E-state index is 0.194. The molecule has 244 valence electrons. The van der Waals surface area contributed by atoms with E-state index in [4.69, 9.17) is 24.1 Å². The van der Waals surface area contributed by atoms with Crippen molar-refractivity contribution in [2.75, 3.05) is 0 Å². The largest absolute Gasteiger partial charge is 0.481 e.